The highest BCUT2D eigenvalue weighted by Crippen LogP contribution is 2.32. The van der Waals surface area contributed by atoms with Gasteiger partial charge in [-0.1, -0.05) is 47.0 Å². The van der Waals surface area contributed by atoms with Gasteiger partial charge in [-0.15, -0.1) is 0 Å². The van der Waals surface area contributed by atoms with Crippen LogP contribution in [0.2, 0.25) is 0 Å². The van der Waals surface area contributed by atoms with Gasteiger partial charge in [0.2, 0.25) is 5.91 Å². The van der Waals surface area contributed by atoms with Crippen molar-refractivity contribution >= 4 is 5.91 Å². The minimum atomic E-state index is 0.214. The van der Waals surface area contributed by atoms with Crippen LogP contribution in [-0.2, 0) is 4.79 Å². The van der Waals surface area contributed by atoms with Crippen LogP contribution in [0.4, 0.5) is 0 Å². The standard InChI is InChI=1S/C19H36N2O/c1-5-8-16(4)19(22)21-17-10-11-18(21)14-20(13-17)12-7-6-9-15(2)3/h15-18H,5-14H2,1-4H3/t16?,17-,18+. The minimum absolute atomic E-state index is 0.214. The maximum Gasteiger partial charge on any atom is 0.225 e. The predicted molar refractivity (Wildman–Crippen MR) is 92.9 cm³/mol. The lowest BCUT2D eigenvalue weighted by atomic mass is 10.0. The summed E-state index contributed by atoms with van der Waals surface area (Å²) in [5.74, 6) is 1.46. The van der Waals surface area contributed by atoms with Crippen LogP contribution in [0, 0.1) is 11.8 Å². The third-order valence-electron chi connectivity index (χ3n) is 5.46. The predicted octanol–water partition coefficient (Wildman–Crippen LogP) is 3.92. The Balaban J connectivity index is 1.80. The van der Waals surface area contributed by atoms with Crippen molar-refractivity contribution in [1.29, 1.82) is 0 Å². The van der Waals surface area contributed by atoms with E-state index in [1.807, 2.05) is 0 Å². The van der Waals surface area contributed by atoms with Crippen LogP contribution in [0.25, 0.3) is 0 Å². The van der Waals surface area contributed by atoms with E-state index in [1.54, 1.807) is 0 Å². The highest BCUT2D eigenvalue weighted by molar-refractivity contribution is 5.79. The lowest BCUT2D eigenvalue weighted by molar-refractivity contribution is -0.141. The smallest absolute Gasteiger partial charge is 0.225 e. The first-order valence-electron chi connectivity index (χ1n) is 9.57. The summed E-state index contributed by atoms with van der Waals surface area (Å²) in [6.07, 6.45) is 8.60. The Hall–Kier alpha value is -0.570. The molecule has 0 aliphatic carbocycles. The average molecular weight is 309 g/mol. The first kappa shape index (κ1) is 17.8. The van der Waals surface area contributed by atoms with Gasteiger partial charge in [0.15, 0.2) is 0 Å². The zero-order valence-electron chi connectivity index (χ0n) is 15.2. The van der Waals surface area contributed by atoms with Gasteiger partial charge in [0.1, 0.15) is 0 Å². The van der Waals surface area contributed by atoms with Crippen molar-refractivity contribution in [2.24, 2.45) is 11.8 Å². The molecular weight excluding hydrogens is 272 g/mol. The van der Waals surface area contributed by atoms with Crippen molar-refractivity contribution in [1.82, 2.24) is 9.80 Å². The molecule has 3 heteroatoms. The number of hydrogen-bond acceptors (Lipinski definition) is 2. The summed E-state index contributed by atoms with van der Waals surface area (Å²) in [6, 6.07) is 0.992. The monoisotopic (exact) mass is 308 g/mol. The molecule has 0 N–H and O–H groups in total. The zero-order chi connectivity index (χ0) is 16.1. The molecule has 0 saturated carbocycles. The third-order valence-corrected chi connectivity index (χ3v) is 5.46. The number of piperazine rings is 1. The van der Waals surface area contributed by atoms with Crippen molar-refractivity contribution in [2.75, 3.05) is 19.6 Å². The Labute approximate surface area is 137 Å². The SMILES string of the molecule is CCCC(C)C(=O)N1[C@@H]2CC[C@H]1CN(CCCCC(C)C)C2. The summed E-state index contributed by atoms with van der Waals surface area (Å²) < 4.78 is 0. The van der Waals surface area contributed by atoms with E-state index in [9.17, 15) is 4.79 Å². The van der Waals surface area contributed by atoms with Crippen LogP contribution in [-0.4, -0.2) is 47.4 Å². The number of nitrogens with zero attached hydrogens (tertiary/aromatic N) is 2. The van der Waals surface area contributed by atoms with Crippen LogP contribution < -0.4 is 0 Å². The summed E-state index contributed by atoms with van der Waals surface area (Å²) in [4.78, 5) is 17.6. The van der Waals surface area contributed by atoms with Gasteiger partial charge < -0.3 is 4.90 Å². The van der Waals surface area contributed by atoms with E-state index in [2.05, 4.69) is 37.5 Å². The molecule has 128 valence electrons. The molecule has 0 aromatic carbocycles. The van der Waals surface area contributed by atoms with E-state index in [1.165, 1.54) is 38.6 Å². The van der Waals surface area contributed by atoms with Crippen LogP contribution >= 0.6 is 0 Å². The molecule has 2 bridgehead atoms. The van der Waals surface area contributed by atoms with Crippen LogP contribution in [0.3, 0.4) is 0 Å². The molecule has 2 aliphatic heterocycles. The summed E-state index contributed by atoms with van der Waals surface area (Å²) in [6.45, 7) is 12.4. The molecule has 1 unspecified atom stereocenters. The van der Waals surface area contributed by atoms with Crippen LogP contribution in [0.1, 0.15) is 72.6 Å². The molecule has 2 aliphatic rings. The number of likely N-dealkylation sites (tertiary alicyclic amines) is 1. The molecule has 2 saturated heterocycles. The summed E-state index contributed by atoms with van der Waals surface area (Å²) in [7, 11) is 0. The molecule has 0 aromatic rings. The Morgan fingerprint density at radius 2 is 1.68 bits per heavy atom. The van der Waals surface area contributed by atoms with E-state index in [0.717, 1.165) is 31.8 Å². The highest BCUT2D eigenvalue weighted by atomic mass is 16.2. The molecule has 2 fully saturated rings. The molecule has 0 aromatic heterocycles. The fraction of sp³-hybridized carbons (Fsp3) is 0.947. The van der Waals surface area contributed by atoms with Crippen molar-refractivity contribution in [2.45, 2.75) is 84.7 Å². The highest BCUT2D eigenvalue weighted by Gasteiger charge is 2.42. The molecule has 2 rings (SSSR count). The minimum Gasteiger partial charge on any atom is -0.334 e. The Morgan fingerprint density at radius 3 is 2.23 bits per heavy atom. The van der Waals surface area contributed by atoms with E-state index in [-0.39, 0.29) is 5.92 Å². The van der Waals surface area contributed by atoms with Gasteiger partial charge in [0.05, 0.1) is 0 Å². The number of fused-ring (bicyclic) bond motifs is 2. The van der Waals surface area contributed by atoms with Crippen molar-refractivity contribution in [3.63, 3.8) is 0 Å². The van der Waals surface area contributed by atoms with Crippen molar-refractivity contribution < 1.29 is 4.79 Å². The lowest BCUT2D eigenvalue weighted by Crippen LogP contribution is -2.56. The van der Waals surface area contributed by atoms with Crippen molar-refractivity contribution in [3.8, 4) is 0 Å². The van der Waals surface area contributed by atoms with Gasteiger partial charge in [-0.25, -0.2) is 0 Å². The van der Waals surface area contributed by atoms with Crippen molar-refractivity contribution in [3.05, 3.63) is 0 Å². The Bertz CT molecular complexity index is 341. The second kappa shape index (κ2) is 8.33. The molecule has 0 spiro atoms. The number of carbonyl (C=O) groups is 1. The second-order valence-corrected chi connectivity index (χ2v) is 7.97. The second-order valence-electron chi connectivity index (χ2n) is 7.97. The van der Waals surface area contributed by atoms with Gasteiger partial charge in [-0.2, -0.15) is 0 Å². The molecule has 0 radical (unpaired) electrons. The fourth-order valence-electron chi connectivity index (χ4n) is 4.23. The topological polar surface area (TPSA) is 23.6 Å². The first-order chi connectivity index (χ1) is 10.5. The maximum atomic E-state index is 12.7. The normalized spacial score (nSPS) is 26.7. The molecule has 3 atom stereocenters. The average Bonchev–Trinajstić information content (AvgIpc) is 2.73. The Morgan fingerprint density at radius 1 is 1.05 bits per heavy atom. The van der Waals surface area contributed by atoms with E-state index in [0.29, 0.717) is 18.0 Å². The molecule has 1 amide bonds. The van der Waals surface area contributed by atoms with Gasteiger partial charge in [-0.05, 0) is 38.1 Å². The number of hydrogen-bond donors (Lipinski definition) is 0. The van der Waals surface area contributed by atoms with E-state index >= 15 is 0 Å². The van der Waals surface area contributed by atoms with E-state index < -0.39 is 0 Å². The maximum absolute atomic E-state index is 12.7. The fourth-order valence-corrected chi connectivity index (χ4v) is 4.23. The van der Waals surface area contributed by atoms with Gasteiger partial charge in [0.25, 0.3) is 0 Å². The number of carbonyl (C=O) groups excluding carboxylic acids is 1. The summed E-state index contributed by atoms with van der Waals surface area (Å²) >= 11 is 0. The summed E-state index contributed by atoms with van der Waals surface area (Å²) in [5, 5.41) is 0. The van der Waals surface area contributed by atoms with Gasteiger partial charge in [-0.3, -0.25) is 9.69 Å². The van der Waals surface area contributed by atoms with Crippen LogP contribution in [0.5, 0.6) is 0 Å². The largest absolute Gasteiger partial charge is 0.334 e. The van der Waals surface area contributed by atoms with Crippen LogP contribution in [0.15, 0.2) is 0 Å². The summed E-state index contributed by atoms with van der Waals surface area (Å²) in [5.41, 5.74) is 0. The Kier molecular flexibility index (Phi) is 6.73. The van der Waals surface area contributed by atoms with Gasteiger partial charge in [0, 0.05) is 31.1 Å². The number of rotatable bonds is 8. The van der Waals surface area contributed by atoms with E-state index in [4.69, 9.17) is 0 Å². The number of unbranched alkanes of at least 4 members (excludes halogenated alkanes) is 1. The first-order valence-corrected chi connectivity index (χ1v) is 9.57. The zero-order valence-corrected chi connectivity index (χ0v) is 15.2. The number of amides is 1. The third kappa shape index (κ3) is 4.47. The van der Waals surface area contributed by atoms with Gasteiger partial charge >= 0.3 is 0 Å². The molecule has 2 heterocycles. The lowest BCUT2D eigenvalue weighted by Gasteiger charge is -2.42. The molecular formula is C19H36N2O. The molecule has 22 heavy (non-hydrogen) atoms. The quantitative estimate of drug-likeness (QED) is 0.634. The molecule has 3 nitrogen and oxygen atoms in total.